The fraction of sp³-hybridized carbons (Fsp3) is 0.167. The molecule has 0 spiro atoms. The number of carbonyl (C=O) groups is 2. The van der Waals surface area contributed by atoms with Crippen molar-refractivity contribution >= 4 is 29.2 Å². The van der Waals surface area contributed by atoms with Crippen molar-refractivity contribution in [1.29, 1.82) is 0 Å². The van der Waals surface area contributed by atoms with Gasteiger partial charge in [0, 0.05) is 12.0 Å². The van der Waals surface area contributed by atoms with Crippen LogP contribution in [0.25, 0.3) is 6.08 Å². The van der Waals surface area contributed by atoms with Crippen LogP contribution in [0.2, 0.25) is 0 Å². The molecular formula is C12H9ClO2. The molecule has 0 aliphatic heterocycles. The third-order valence-electron chi connectivity index (χ3n) is 2.34. The number of ketones is 2. The Hall–Kier alpha value is -1.41. The van der Waals surface area contributed by atoms with Crippen LogP contribution in [0.4, 0.5) is 0 Å². The van der Waals surface area contributed by atoms with E-state index < -0.39 is 16.9 Å². The predicted molar refractivity (Wildman–Crippen MR) is 58.7 cm³/mol. The summed E-state index contributed by atoms with van der Waals surface area (Å²) in [7, 11) is 0. The molecule has 0 radical (unpaired) electrons. The average molecular weight is 221 g/mol. The van der Waals surface area contributed by atoms with E-state index in [1.165, 1.54) is 0 Å². The summed E-state index contributed by atoms with van der Waals surface area (Å²) in [6.45, 7) is 0. The lowest BCUT2D eigenvalue weighted by Crippen LogP contribution is -2.12. The first-order valence-corrected chi connectivity index (χ1v) is 5.10. The molecule has 1 aromatic rings. The molecule has 0 heterocycles. The maximum atomic E-state index is 11.4. The van der Waals surface area contributed by atoms with Crippen molar-refractivity contribution in [3.63, 3.8) is 0 Å². The van der Waals surface area contributed by atoms with E-state index in [1.807, 2.05) is 30.3 Å². The molecule has 0 amide bonds. The molecule has 1 aliphatic rings. The third kappa shape index (κ3) is 2.00. The minimum Gasteiger partial charge on any atom is -0.289 e. The van der Waals surface area contributed by atoms with E-state index in [-0.39, 0.29) is 0 Å². The molecule has 1 atom stereocenters. The van der Waals surface area contributed by atoms with Crippen molar-refractivity contribution in [1.82, 2.24) is 0 Å². The van der Waals surface area contributed by atoms with Crippen LogP contribution in [0.15, 0.2) is 35.9 Å². The highest BCUT2D eigenvalue weighted by molar-refractivity contribution is 6.56. The van der Waals surface area contributed by atoms with Gasteiger partial charge in [0.05, 0.1) is 0 Å². The first kappa shape index (κ1) is 10.1. The number of rotatable bonds is 1. The molecule has 1 unspecified atom stereocenters. The SMILES string of the molecule is O=C1C(=O)C(Cl)CC1=Cc1ccccc1. The summed E-state index contributed by atoms with van der Waals surface area (Å²) < 4.78 is 0. The van der Waals surface area contributed by atoms with Crippen molar-refractivity contribution in [3.05, 3.63) is 41.5 Å². The van der Waals surface area contributed by atoms with Crippen LogP contribution in [-0.2, 0) is 9.59 Å². The summed E-state index contributed by atoms with van der Waals surface area (Å²) in [4.78, 5) is 22.6. The summed E-state index contributed by atoms with van der Waals surface area (Å²) in [6.07, 6.45) is 2.07. The monoisotopic (exact) mass is 220 g/mol. The van der Waals surface area contributed by atoms with Crippen LogP contribution >= 0.6 is 11.6 Å². The second kappa shape index (κ2) is 3.99. The van der Waals surface area contributed by atoms with Crippen molar-refractivity contribution in [2.24, 2.45) is 0 Å². The largest absolute Gasteiger partial charge is 0.289 e. The lowest BCUT2D eigenvalue weighted by molar-refractivity contribution is -0.132. The maximum absolute atomic E-state index is 11.4. The zero-order chi connectivity index (χ0) is 10.8. The highest BCUT2D eigenvalue weighted by Crippen LogP contribution is 2.24. The van der Waals surface area contributed by atoms with Gasteiger partial charge in [0.2, 0.25) is 11.6 Å². The second-order valence-electron chi connectivity index (χ2n) is 3.45. The molecule has 0 saturated heterocycles. The van der Waals surface area contributed by atoms with Crippen molar-refractivity contribution in [3.8, 4) is 0 Å². The number of hydrogen-bond acceptors (Lipinski definition) is 2. The number of hydrogen-bond donors (Lipinski definition) is 0. The Labute approximate surface area is 92.6 Å². The van der Waals surface area contributed by atoms with Gasteiger partial charge in [0.1, 0.15) is 5.38 Å². The molecule has 2 nitrogen and oxygen atoms in total. The van der Waals surface area contributed by atoms with Crippen LogP contribution in [0, 0.1) is 0 Å². The molecular weight excluding hydrogens is 212 g/mol. The quantitative estimate of drug-likeness (QED) is 0.413. The van der Waals surface area contributed by atoms with E-state index in [0.717, 1.165) is 5.56 Å². The number of carbonyl (C=O) groups excluding carboxylic acids is 2. The van der Waals surface area contributed by atoms with E-state index in [4.69, 9.17) is 11.6 Å². The molecule has 15 heavy (non-hydrogen) atoms. The minimum atomic E-state index is -0.674. The van der Waals surface area contributed by atoms with Crippen LogP contribution in [0.3, 0.4) is 0 Å². The van der Waals surface area contributed by atoms with E-state index in [9.17, 15) is 9.59 Å². The zero-order valence-electron chi connectivity index (χ0n) is 7.94. The first-order valence-electron chi connectivity index (χ1n) is 4.66. The number of halogens is 1. The van der Waals surface area contributed by atoms with Gasteiger partial charge < -0.3 is 0 Å². The van der Waals surface area contributed by atoms with Gasteiger partial charge in [0.15, 0.2) is 0 Å². The Balaban J connectivity index is 2.30. The van der Waals surface area contributed by atoms with Gasteiger partial charge in [-0.05, 0) is 11.6 Å². The maximum Gasteiger partial charge on any atom is 0.226 e. The van der Waals surface area contributed by atoms with E-state index in [2.05, 4.69) is 0 Å². The van der Waals surface area contributed by atoms with Gasteiger partial charge in [-0.25, -0.2) is 0 Å². The van der Waals surface area contributed by atoms with Gasteiger partial charge in [-0.2, -0.15) is 0 Å². The number of Topliss-reactive ketones (excluding diaryl/α,β-unsaturated/α-hetero) is 2. The summed E-state index contributed by atoms with van der Waals surface area (Å²) in [5, 5.41) is -0.674. The van der Waals surface area contributed by atoms with E-state index in [1.54, 1.807) is 6.08 Å². The molecule has 1 aromatic carbocycles. The Kier molecular flexibility index (Phi) is 2.69. The molecule has 0 N–H and O–H groups in total. The molecule has 1 fully saturated rings. The van der Waals surface area contributed by atoms with Gasteiger partial charge in [-0.15, -0.1) is 11.6 Å². The van der Waals surface area contributed by atoms with E-state index >= 15 is 0 Å². The highest BCUT2D eigenvalue weighted by Gasteiger charge is 2.35. The third-order valence-corrected chi connectivity index (χ3v) is 2.69. The van der Waals surface area contributed by atoms with Gasteiger partial charge in [-0.1, -0.05) is 30.3 Å². The van der Waals surface area contributed by atoms with Crippen molar-refractivity contribution in [2.75, 3.05) is 0 Å². The Morgan fingerprint density at radius 2 is 1.87 bits per heavy atom. The lowest BCUT2D eigenvalue weighted by Gasteiger charge is -1.94. The van der Waals surface area contributed by atoms with Crippen LogP contribution in [0.1, 0.15) is 12.0 Å². The van der Waals surface area contributed by atoms with Gasteiger partial charge in [-0.3, -0.25) is 9.59 Å². The molecule has 3 heteroatoms. The van der Waals surface area contributed by atoms with Crippen LogP contribution in [0.5, 0.6) is 0 Å². The Morgan fingerprint density at radius 3 is 2.40 bits per heavy atom. The standard InChI is InChI=1S/C12H9ClO2/c13-10-7-9(11(14)12(10)15)6-8-4-2-1-3-5-8/h1-6,10H,7H2. The molecule has 0 aromatic heterocycles. The Morgan fingerprint density at radius 1 is 1.20 bits per heavy atom. The number of alkyl halides is 1. The van der Waals surface area contributed by atoms with E-state index in [0.29, 0.717) is 12.0 Å². The highest BCUT2D eigenvalue weighted by atomic mass is 35.5. The first-order chi connectivity index (χ1) is 7.18. The summed E-state index contributed by atoms with van der Waals surface area (Å²) in [6, 6.07) is 9.42. The smallest absolute Gasteiger partial charge is 0.226 e. The van der Waals surface area contributed by atoms with Crippen LogP contribution in [-0.4, -0.2) is 16.9 Å². The predicted octanol–water partition coefficient (Wildman–Crippen LogP) is 2.22. The minimum absolute atomic E-state index is 0.341. The van der Waals surface area contributed by atoms with Crippen LogP contribution < -0.4 is 0 Å². The number of benzene rings is 1. The van der Waals surface area contributed by atoms with Gasteiger partial charge >= 0.3 is 0 Å². The normalized spacial score (nSPS) is 23.8. The summed E-state index contributed by atoms with van der Waals surface area (Å²) >= 11 is 5.71. The summed E-state index contributed by atoms with van der Waals surface area (Å²) in [5.74, 6) is -0.933. The molecule has 0 bridgehead atoms. The molecule has 1 aliphatic carbocycles. The lowest BCUT2D eigenvalue weighted by atomic mass is 10.1. The fourth-order valence-corrected chi connectivity index (χ4v) is 1.82. The second-order valence-corrected chi connectivity index (χ2v) is 3.97. The number of allylic oxidation sites excluding steroid dienone is 1. The van der Waals surface area contributed by atoms with Crippen molar-refractivity contribution < 1.29 is 9.59 Å². The summed E-state index contributed by atoms with van der Waals surface area (Å²) in [5.41, 5.74) is 1.42. The zero-order valence-corrected chi connectivity index (χ0v) is 8.70. The molecule has 1 saturated carbocycles. The molecule has 76 valence electrons. The average Bonchev–Trinajstić information content (AvgIpc) is 2.48. The fourth-order valence-electron chi connectivity index (χ4n) is 1.55. The topological polar surface area (TPSA) is 34.1 Å². The molecule has 2 rings (SSSR count). The Bertz CT molecular complexity index is 434. The van der Waals surface area contributed by atoms with Gasteiger partial charge in [0.25, 0.3) is 0 Å². The van der Waals surface area contributed by atoms with Crippen molar-refractivity contribution in [2.45, 2.75) is 11.8 Å².